The largest absolute Gasteiger partial charge is 0.497 e. The molecule has 0 spiro atoms. The molecular weight excluding hydrogens is 356 g/mol. The minimum atomic E-state index is -0.0547. The van der Waals surface area contributed by atoms with Crippen LogP contribution in [0.15, 0.2) is 42.5 Å². The molecule has 1 amide bonds. The fourth-order valence-electron chi connectivity index (χ4n) is 3.69. The van der Waals surface area contributed by atoms with E-state index in [2.05, 4.69) is 10.2 Å². The zero-order valence-electron chi connectivity index (χ0n) is 16.7. The van der Waals surface area contributed by atoms with Crippen LogP contribution in [-0.2, 0) is 4.79 Å². The molecule has 3 rings (SSSR count). The second-order valence-corrected chi connectivity index (χ2v) is 6.71. The SMILES string of the molecule is CCOc1ccccc1NC(=O)CN1CCC[C@H]1c1cc(OC)ccc1OC. The van der Waals surface area contributed by atoms with Crippen molar-refractivity contribution in [2.75, 3.05) is 39.2 Å². The molecule has 1 saturated heterocycles. The molecule has 1 atom stereocenters. The van der Waals surface area contributed by atoms with Gasteiger partial charge >= 0.3 is 0 Å². The van der Waals surface area contributed by atoms with Crippen LogP contribution in [0.25, 0.3) is 0 Å². The lowest BCUT2D eigenvalue weighted by Gasteiger charge is -2.26. The number of para-hydroxylation sites is 2. The first-order valence-corrected chi connectivity index (χ1v) is 9.64. The third-order valence-electron chi connectivity index (χ3n) is 4.97. The Balaban J connectivity index is 1.73. The van der Waals surface area contributed by atoms with Gasteiger partial charge in [0.2, 0.25) is 5.91 Å². The number of amides is 1. The maximum atomic E-state index is 12.7. The summed E-state index contributed by atoms with van der Waals surface area (Å²) in [5, 5.41) is 2.98. The van der Waals surface area contributed by atoms with E-state index in [-0.39, 0.29) is 11.9 Å². The monoisotopic (exact) mass is 384 g/mol. The summed E-state index contributed by atoms with van der Waals surface area (Å²) in [7, 11) is 3.32. The quantitative estimate of drug-likeness (QED) is 0.748. The fraction of sp³-hybridized carbons (Fsp3) is 0.409. The third-order valence-corrected chi connectivity index (χ3v) is 4.97. The van der Waals surface area contributed by atoms with Crippen molar-refractivity contribution in [2.24, 2.45) is 0 Å². The topological polar surface area (TPSA) is 60.0 Å². The molecule has 1 N–H and O–H groups in total. The van der Waals surface area contributed by atoms with E-state index in [9.17, 15) is 4.79 Å². The first kappa shape index (κ1) is 20.0. The lowest BCUT2D eigenvalue weighted by atomic mass is 10.0. The molecule has 2 aromatic rings. The van der Waals surface area contributed by atoms with E-state index >= 15 is 0 Å². The van der Waals surface area contributed by atoms with Crippen molar-refractivity contribution in [3.63, 3.8) is 0 Å². The van der Waals surface area contributed by atoms with Crippen molar-refractivity contribution in [3.8, 4) is 17.2 Å². The average molecular weight is 384 g/mol. The summed E-state index contributed by atoms with van der Waals surface area (Å²) in [6.45, 7) is 3.66. The Bertz CT molecular complexity index is 809. The van der Waals surface area contributed by atoms with Gasteiger partial charge in [-0.1, -0.05) is 12.1 Å². The van der Waals surface area contributed by atoms with Gasteiger partial charge in [-0.05, 0) is 56.6 Å². The van der Waals surface area contributed by atoms with Crippen molar-refractivity contribution in [2.45, 2.75) is 25.8 Å². The van der Waals surface area contributed by atoms with Crippen molar-refractivity contribution in [1.29, 1.82) is 0 Å². The molecule has 150 valence electrons. The molecule has 0 unspecified atom stereocenters. The van der Waals surface area contributed by atoms with Crippen LogP contribution in [0.3, 0.4) is 0 Å². The second-order valence-electron chi connectivity index (χ2n) is 6.71. The van der Waals surface area contributed by atoms with Gasteiger partial charge in [-0.3, -0.25) is 9.69 Å². The van der Waals surface area contributed by atoms with E-state index in [1.54, 1.807) is 14.2 Å². The second kappa shape index (κ2) is 9.46. The molecule has 2 aromatic carbocycles. The number of nitrogens with zero attached hydrogens (tertiary/aromatic N) is 1. The highest BCUT2D eigenvalue weighted by Gasteiger charge is 2.30. The Hall–Kier alpha value is -2.73. The molecule has 0 aromatic heterocycles. The van der Waals surface area contributed by atoms with Crippen molar-refractivity contribution >= 4 is 11.6 Å². The van der Waals surface area contributed by atoms with Crippen LogP contribution in [0.4, 0.5) is 5.69 Å². The summed E-state index contributed by atoms with van der Waals surface area (Å²) in [4.78, 5) is 14.9. The van der Waals surface area contributed by atoms with Gasteiger partial charge in [0.1, 0.15) is 17.2 Å². The standard InChI is InChI=1S/C22H28N2O4/c1-4-28-21-10-6-5-8-18(21)23-22(25)15-24-13-7-9-19(24)17-14-16(26-2)11-12-20(17)27-3/h5-6,8,10-12,14,19H,4,7,9,13,15H2,1-3H3,(H,23,25)/t19-/m0/s1. The van der Waals surface area contributed by atoms with Crippen LogP contribution >= 0.6 is 0 Å². The highest BCUT2D eigenvalue weighted by molar-refractivity contribution is 5.93. The number of carbonyl (C=O) groups excluding carboxylic acids is 1. The number of nitrogens with one attached hydrogen (secondary N) is 1. The predicted molar refractivity (Wildman–Crippen MR) is 109 cm³/mol. The zero-order chi connectivity index (χ0) is 19.9. The smallest absolute Gasteiger partial charge is 0.238 e. The summed E-state index contributed by atoms with van der Waals surface area (Å²) in [6, 6.07) is 13.4. The highest BCUT2D eigenvalue weighted by atomic mass is 16.5. The fourth-order valence-corrected chi connectivity index (χ4v) is 3.69. The van der Waals surface area contributed by atoms with E-state index in [4.69, 9.17) is 14.2 Å². The predicted octanol–water partition coefficient (Wildman–Crippen LogP) is 3.88. The van der Waals surface area contributed by atoms with E-state index < -0.39 is 0 Å². The number of anilines is 1. The molecule has 1 aliphatic rings. The first-order chi connectivity index (χ1) is 13.7. The molecule has 1 heterocycles. The molecule has 0 bridgehead atoms. The van der Waals surface area contributed by atoms with E-state index in [0.717, 1.165) is 36.4 Å². The summed E-state index contributed by atoms with van der Waals surface area (Å²) in [5.41, 5.74) is 1.76. The molecule has 28 heavy (non-hydrogen) atoms. The van der Waals surface area contributed by atoms with Crippen LogP contribution in [0.5, 0.6) is 17.2 Å². The van der Waals surface area contributed by atoms with E-state index in [1.165, 1.54) is 0 Å². The van der Waals surface area contributed by atoms with Crippen LogP contribution in [0, 0.1) is 0 Å². The Kier molecular flexibility index (Phi) is 6.76. The summed E-state index contributed by atoms with van der Waals surface area (Å²) < 4.78 is 16.5. The molecule has 0 radical (unpaired) electrons. The molecular formula is C22H28N2O4. The Morgan fingerprint density at radius 1 is 1.14 bits per heavy atom. The molecule has 6 heteroatoms. The van der Waals surface area contributed by atoms with Gasteiger partial charge < -0.3 is 19.5 Å². The number of rotatable bonds is 8. The minimum absolute atomic E-state index is 0.0547. The maximum absolute atomic E-state index is 12.7. The molecule has 1 fully saturated rings. The lowest BCUT2D eigenvalue weighted by Crippen LogP contribution is -2.33. The van der Waals surface area contributed by atoms with Crippen molar-refractivity contribution in [1.82, 2.24) is 4.90 Å². The number of likely N-dealkylation sites (tertiary alicyclic amines) is 1. The first-order valence-electron chi connectivity index (χ1n) is 9.64. The van der Waals surface area contributed by atoms with Crippen LogP contribution in [-0.4, -0.2) is 44.7 Å². The van der Waals surface area contributed by atoms with Gasteiger partial charge in [0.25, 0.3) is 0 Å². The average Bonchev–Trinajstić information content (AvgIpc) is 3.16. The summed E-state index contributed by atoms with van der Waals surface area (Å²) in [5.74, 6) is 2.24. The molecule has 0 saturated carbocycles. The van der Waals surface area contributed by atoms with Crippen molar-refractivity contribution in [3.05, 3.63) is 48.0 Å². The number of hydrogen-bond acceptors (Lipinski definition) is 5. The minimum Gasteiger partial charge on any atom is -0.497 e. The maximum Gasteiger partial charge on any atom is 0.238 e. The third kappa shape index (κ3) is 4.57. The van der Waals surface area contributed by atoms with Crippen LogP contribution in [0.2, 0.25) is 0 Å². The Morgan fingerprint density at radius 3 is 2.71 bits per heavy atom. The number of hydrogen-bond donors (Lipinski definition) is 1. The zero-order valence-corrected chi connectivity index (χ0v) is 16.7. The lowest BCUT2D eigenvalue weighted by molar-refractivity contribution is -0.117. The Morgan fingerprint density at radius 2 is 1.96 bits per heavy atom. The van der Waals surface area contributed by atoms with Crippen LogP contribution in [0.1, 0.15) is 31.4 Å². The van der Waals surface area contributed by atoms with Gasteiger partial charge in [-0.25, -0.2) is 0 Å². The van der Waals surface area contributed by atoms with Gasteiger partial charge in [-0.15, -0.1) is 0 Å². The number of carbonyl (C=O) groups is 1. The normalized spacial score (nSPS) is 16.6. The van der Waals surface area contributed by atoms with E-state index in [1.807, 2.05) is 49.4 Å². The van der Waals surface area contributed by atoms with Crippen LogP contribution < -0.4 is 19.5 Å². The molecule has 6 nitrogen and oxygen atoms in total. The highest BCUT2D eigenvalue weighted by Crippen LogP contribution is 2.38. The van der Waals surface area contributed by atoms with Crippen molar-refractivity contribution < 1.29 is 19.0 Å². The van der Waals surface area contributed by atoms with E-state index in [0.29, 0.717) is 24.6 Å². The summed E-state index contributed by atoms with van der Waals surface area (Å²) in [6.07, 6.45) is 2.01. The number of benzene rings is 2. The van der Waals surface area contributed by atoms with Gasteiger partial charge in [0, 0.05) is 11.6 Å². The number of methoxy groups -OCH3 is 2. The van der Waals surface area contributed by atoms with Gasteiger partial charge in [0.15, 0.2) is 0 Å². The molecule has 1 aliphatic heterocycles. The van der Waals surface area contributed by atoms with Gasteiger partial charge in [-0.2, -0.15) is 0 Å². The van der Waals surface area contributed by atoms with Gasteiger partial charge in [0.05, 0.1) is 33.1 Å². The Labute approximate surface area is 166 Å². The summed E-state index contributed by atoms with van der Waals surface area (Å²) >= 11 is 0. The molecule has 0 aliphatic carbocycles. The number of ether oxygens (including phenoxy) is 3.